The summed E-state index contributed by atoms with van der Waals surface area (Å²) in [6.07, 6.45) is 1.55. The van der Waals surface area contributed by atoms with Crippen molar-refractivity contribution in [1.29, 1.82) is 5.26 Å². The van der Waals surface area contributed by atoms with Gasteiger partial charge in [0, 0.05) is 13.2 Å². The molecule has 1 heterocycles. The largest absolute Gasteiger partial charge is 0.459 e. The van der Waals surface area contributed by atoms with E-state index in [9.17, 15) is 4.79 Å². The van der Waals surface area contributed by atoms with E-state index in [2.05, 4.69) is 5.10 Å². The summed E-state index contributed by atoms with van der Waals surface area (Å²) in [5.41, 5.74) is -0.0538. The molecule has 0 aliphatic carbocycles. The van der Waals surface area contributed by atoms with Gasteiger partial charge in [0.2, 0.25) is 0 Å². The molecule has 5 heteroatoms. The van der Waals surface area contributed by atoms with Crippen LogP contribution < -0.4 is 0 Å². The summed E-state index contributed by atoms with van der Waals surface area (Å²) in [6.45, 7) is 5.30. The van der Waals surface area contributed by atoms with Crippen LogP contribution in [0.15, 0.2) is 12.3 Å². The molecular formula is C11H15N3O2. The molecule has 0 fully saturated rings. The molecule has 1 aromatic heterocycles. The number of aromatic nitrogens is 2. The van der Waals surface area contributed by atoms with Crippen molar-refractivity contribution in [3.63, 3.8) is 0 Å². The Morgan fingerprint density at radius 1 is 1.62 bits per heavy atom. The van der Waals surface area contributed by atoms with Gasteiger partial charge in [0.1, 0.15) is 5.60 Å². The first-order valence-corrected chi connectivity index (χ1v) is 4.95. The molecule has 0 radical (unpaired) electrons. The van der Waals surface area contributed by atoms with Crippen LogP contribution in [-0.4, -0.2) is 21.4 Å². The van der Waals surface area contributed by atoms with Crippen LogP contribution in [0.5, 0.6) is 0 Å². The summed E-state index contributed by atoms with van der Waals surface area (Å²) in [6, 6.07) is 3.57. The van der Waals surface area contributed by atoms with Crippen LogP contribution >= 0.6 is 0 Å². The van der Waals surface area contributed by atoms with E-state index in [1.165, 1.54) is 4.68 Å². The molecule has 1 aromatic rings. The fourth-order valence-electron chi connectivity index (χ4n) is 1.27. The van der Waals surface area contributed by atoms with Gasteiger partial charge < -0.3 is 4.74 Å². The second-order valence-electron chi connectivity index (χ2n) is 4.48. The van der Waals surface area contributed by atoms with Crippen LogP contribution in [0.3, 0.4) is 0 Å². The molecule has 1 atom stereocenters. The Kier molecular flexibility index (Phi) is 3.33. The van der Waals surface area contributed by atoms with Crippen molar-refractivity contribution in [3.8, 4) is 6.07 Å². The van der Waals surface area contributed by atoms with Gasteiger partial charge >= 0.3 is 5.97 Å². The van der Waals surface area contributed by atoms with E-state index in [-0.39, 0.29) is 0 Å². The molecule has 0 aliphatic heterocycles. The standard InChI is InChI=1S/C11H15N3O2/c1-11(2,3)16-10(15)8(7-12)9-5-6-13-14(9)4/h5-6,8H,1-4H3. The van der Waals surface area contributed by atoms with Crippen molar-refractivity contribution in [2.24, 2.45) is 7.05 Å². The normalized spacial score (nSPS) is 12.9. The maximum Gasteiger partial charge on any atom is 0.330 e. The predicted molar refractivity (Wildman–Crippen MR) is 57.4 cm³/mol. The second-order valence-corrected chi connectivity index (χ2v) is 4.48. The first kappa shape index (κ1) is 12.2. The number of esters is 1. The van der Waals surface area contributed by atoms with Gasteiger partial charge in [-0.3, -0.25) is 9.48 Å². The van der Waals surface area contributed by atoms with Crippen LogP contribution in [0, 0.1) is 11.3 Å². The highest BCUT2D eigenvalue weighted by Gasteiger charge is 2.28. The topological polar surface area (TPSA) is 67.9 Å². The minimum absolute atomic E-state index is 0.539. The lowest BCUT2D eigenvalue weighted by Gasteiger charge is -2.21. The molecule has 16 heavy (non-hydrogen) atoms. The molecule has 0 aliphatic rings. The molecule has 0 aromatic carbocycles. The first-order chi connectivity index (χ1) is 7.35. The summed E-state index contributed by atoms with van der Waals surface area (Å²) in [4.78, 5) is 11.8. The van der Waals surface area contributed by atoms with Crippen LogP contribution in [0.1, 0.15) is 32.4 Å². The maximum absolute atomic E-state index is 11.8. The molecule has 0 amide bonds. The van der Waals surface area contributed by atoms with Crippen LogP contribution in [0.4, 0.5) is 0 Å². The highest BCUT2D eigenvalue weighted by Crippen LogP contribution is 2.19. The summed E-state index contributed by atoms with van der Waals surface area (Å²) < 4.78 is 6.66. The SMILES string of the molecule is Cn1nccc1C(C#N)C(=O)OC(C)(C)C. The Morgan fingerprint density at radius 2 is 2.25 bits per heavy atom. The Balaban J connectivity index is 2.90. The van der Waals surface area contributed by atoms with Crippen LogP contribution in [0.2, 0.25) is 0 Å². The lowest BCUT2D eigenvalue weighted by molar-refractivity contribution is -0.155. The van der Waals surface area contributed by atoms with Crippen molar-refractivity contribution in [1.82, 2.24) is 9.78 Å². The number of carbonyl (C=O) groups is 1. The molecule has 0 saturated carbocycles. The lowest BCUT2D eigenvalue weighted by Crippen LogP contribution is -2.28. The van der Waals surface area contributed by atoms with Crippen molar-refractivity contribution < 1.29 is 9.53 Å². The van der Waals surface area contributed by atoms with E-state index in [0.29, 0.717) is 5.69 Å². The van der Waals surface area contributed by atoms with Gasteiger partial charge in [-0.25, -0.2) is 0 Å². The molecule has 0 saturated heterocycles. The predicted octanol–water partition coefficient (Wildman–Crippen LogP) is 1.37. The Bertz CT molecular complexity index is 423. The number of nitriles is 1. The third kappa shape index (κ3) is 2.83. The van der Waals surface area contributed by atoms with Gasteiger partial charge in [-0.15, -0.1) is 0 Å². The summed E-state index contributed by atoms with van der Waals surface area (Å²) >= 11 is 0. The monoisotopic (exact) mass is 221 g/mol. The molecular weight excluding hydrogens is 206 g/mol. The van der Waals surface area contributed by atoms with Gasteiger partial charge in [-0.2, -0.15) is 10.4 Å². The van der Waals surface area contributed by atoms with E-state index in [4.69, 9.17) is 10.00 Å². The zero-order chi connectivity index (χ0) is 12.3. The fourth-order valence-corrected chi connectivity index (χ4v) is 1.27. The van der Waals surface area contributed by atoms with Crippen molar-refractivity contribution in [2.75, 3.05) is 0 Å². The van der Waals surface area contributed by atoms with Gasteiger partial charge in [-0.1, -0.05) is 0 Å². The van der Waals surface area contributed by atoms with Gasteiger partial charge in [-0.05, 0) is 26.8 Å². The summed E-state index contributed by atoms with van der Waals surface area (Å²) in [5.74, 6) is -1.47. The third-order valence-corrected chi connectivity index (χ3v) is 1.93. The van der Waals surface area contributed by atoms with Crippen LogP contribution in [0.25, 0.3) is 0 Å². The van der Waals surface area contributed by atoms with E-state index < -0.39 is 17.5 Å². The minimum Gasteiger partial charge on any atom is -0.459 e. The smallest absolute Gasteiger partial charge is 0.330 e. The van der Waals surface area contributed by atoms with E-state index in [1.807, 2.05) is 6.07 Å². The quantitative estimate of drug-likeness (QED) is 0.707. The van der Waals surface area contributed by atoms with E-state index >= 15 is 0 Å². The van der Waals surface area contributed by atoms with E-state index in [0.717, 1.165) is 0 Å². The average molecular weight is 221 g/mol. The zero-order valence-electron chi connectivity index (χ0n) is 9.89. The zero-order valence-corrected chi connectivity index (χ0v) is 9.89. The molecule has 0 spiro atoms. The average Bonchev–Trinajstić information content (AvgIpc) is 2.50. The van der Waals surface area contributed by atoms with Crippen molar-refractivity contribution >= 4 is 5.97 Å². The van der Waals surface area contributed by atoms with Crippen molar-refractivity contribution in [3.05, 3.63) is 18.0 Å². The third-order valence-electron chi connectivity index (χ3n) is 1.93. The number of carbonyl (C=O) groups excluding carboxylic acids is 1. The van der Waals surface area contributed by atoms with Crippen LogP contribution in [-0.2, 0) is 16.6 Å². The molecule has 1 rings (SSSR count). The number of ether oxygens (including phenoxy) is 1. The Morgan fingerprint density at radius 3 is 2.62 bits per heavy atom. The molecule has 0 bridgehead atoms. The van der Waals surface area contributed by atoms with Crippen molar-refractivity contribution in [2.45, 2.75) is 32.3 Å². The molecule has 5 nitrogen and oxygen atoms in total. The minimum atomic E-state index is -0.924. The highest BCUT2D eigenvalue weighted by atomic mass is 16.6. The number of hydrogen-bond donors (Lipinski definition) is 0. The number of hydrogen-bond acceptors (Lipinski definition) is 4. The molecule has 86 valence electrons. The number of aryl methyl sites for hydroxylation is 1. The second kappa shape index (κ2) is 4.35. The summed E-state index contributed by atoms with van der Waals surface area (Å²) in [5, 5.41) is 12.9. The summed E-state index contributed by atoms with van der Waals surface area (Å²) in [7, 11) is 1.68. The molecule has 1 unspecified atom stereocenters. The lowest BCUT2D eigenvalue weighted by atomic mass is 10.1. The number of nitrogens with zero attached hydrogens (tertiary/aromatic N) is 3. The first-order valence-electron chi connectivity index (χ1n) is 4.95. The highest BCUT2D eigenvalue weighted by molar-refractivity contribution is 5.81. The van der Waals surface area contributed by atoms with E-state index in [1.54, 1.807) is 40.1 Å². The number of rotatable bonds is 2. The van der Waals surface area contributed by atoms with Gasteiger partial charge in [0.15, 0.2) is 5.92 Å². The Hall–Kier alpha value is -1.83. The Labute approximate surface area is 94.6 Å². The van der Waals surface area contributed by atoms with Gasteiger partial charge in [0.05, 0.1) is 11.8 Å². The fraction of sp³-hybridized carbons (Fsp3) is 0.545. The van der Waals surface area contributed by atoms with Gasteiger partial charge in [0.25, 0.3) is 0 Å². The maximum atomic E-state index is 11.8. The molecule has 0 N–H and O–H groups in total.